The van der Waals surface area contributed by atoms with E-state index in [2.05, 4.69) is 35.5 Å². The third-order valence-electron chi connectivity index (χ3n) is 14.1. The number of piperazine rings is 1. The first-order valence-corrected chi connectivity index (χ1v) is 24.3. The molecule has 6 rings (SSSR count). The molecule has 4 amide bonds. The highest BCUT2D eigenvalue weighted by atomic mass is 19.4. The SMILES string of the molecule is COC(=O)N[C@H](C(N)=O)C(C)(C)Cc1nc(N2CC3CCC(C2)N3C2COC2)ncc1-c1ccc(C[C@H](NC(=O)[C@@H](NC(=O)OC)C(C)(C)C(F)(F)F)[C@@H](O)CNCc2c(F)cc(C(N)=CC=NC(F)F)cc2F)cc1. The van der Waals surface area contributed by atoms with Crippen molar-refractivity contribution < 1.29 is 69.2 Å². The molecule has 6 atom stereocenters. The lowest BCUT2D eigenvalue weighted by Gasteiger charge is -2.47. The van der Waals surface area contributed by atoms with Crippen LogP contribution < -0.4 is 37.6 Å². The van der Waals surface area contributed by atoms with Gasteiger partial charge in [0.2, 0.25) is 17.8 Å². The smallest absolute Gasteiger partial charge is 0.407 e. The van der Waals surface area contributed by atoms with Gasteiger partial charge in [-0.2, -0.15) is 22.0 Å². The number of hydrogen-bond donors (Lipinski definition) is 7. The number of carbonyl (C=O) groups excluding carboxylic acids is 4. The molecule has 0 aliphatic carbocycles. The molecule has 416 valence electrons. The number of anilines is 1. The zero-order valence-corrected chi connectivity index (χ0v) is 42.7. The molecule has 3 aliphatic heterocycles. The van der Waals surface area contributed by atoms with E-state index in [1.165, 1.54) is 0 Å². The largest absolute Gasteiger partial charge is 0.453 e. The number of aromatic nitrogens is 2. The molecule has 3 fully saturated rings. The van der Waals surface area contributed by atoms with Gasteiger partial charge in [0.05, 0.1) is 56.7 Å². The minimum atomic E-state index is -5.04. The third-order valence-corrected chi connectivity index (χ3v) is 14.1. The van der Waals surface area contributed by atoms with Gasteiger partial charge in [0, 0.05) is 73.1 Å². The topological polar surface area (TPSA) is 261 Å². The lowest BCUT2D eigenvalue weighted by atomic mass is 9.78. The van der Waals surface area contributed by atoms with Crippen molar-refractivity contribution in [3.63, 3.8) is 0 Å². The second-order valence-electron chi connectivity index (χ2n) is 20.2. The van der Waals surface area contributed by atoms with Crippen LogP contribution in [-0.2, 0) is 43.2 Å². The molecule has 0 radical (unpaired) electrons. The van der Waals surface area contributed by atoms with E-state index in [1.54, 1.807) is 44.3 Å². The fraction of sp³-hybridized carbons (Fsp3) is 0.540. The zero-order chi connectivity index (χ0) is 55.9. The summed E-state index contributed by atoms with van der Waals surface area (Å²) in [5.74, 6) is -3.91. The summed E-state index contributed by atoms with van der Waals surface area (Å²) in [6, 6.07) is 4.30. The van der Waals surface area contributed by atoms with E-state index in [4.69, 9.17) is 30.9 Å². The number of halogens is 7. The van der Waals surface area contributed by atoms with E-state index in [0.29, 0.717) is 80.7 Å². The van der Waals surface area contributed by atoms with Gasteiger partial charge in [-0.3, -0.25) is 14.5 Å². The van der Waals surface area contributed by atoms with E-state index in [-0.39, 0.29) is 36.2 Å². The van der Waals surface area contributed by atoms with Crippen LogP contribution in [0, 0.1) is 22.5 Å². The Hall–Kier alpha value is -6.64. The summed E-state index contributed by atoms with van der Waals surface area (Å²) in [6.07, 6.45) is -3.82. The number of allylic oxidation sites excluding steroid dienone is 1. The number of carbonyl (C=O) groups is 4. The molecule has 4 heterocycles. The number of nitrogens with two attached hydrogens (primary N) is 2. The third kappa shape index (κ3) is 14.0. The quantitative estimate of drug-likeness (QED) is 0.0420. The van der Waals surface area contributed by atoms with E-state index in [0.717, 1.165) is 45.3 Å². The normalized spacial score (nSPS) is 19.2. The first-order valence-electron chi connectivity index (χ1n) is 24.3. The molecule has 0 spiro atoms. The number of fused-ring (bicyclic) bond motifs is 2. The maximum atomic E-state index is 15.2. The summed E-state index contributed by atoms with van der Waals surface area (Å²) in [5.41, 5.74) is 8.71. The van der Waals surface area contributed by atoms with Gasteiger partial charge < -0.3 is 57.0 Å². The van der Waals surface area contributed by atoms with Crippen molar-refractivity contribution in [3.05, 3.63) is 82.7 Å². The van der Waals surface area contributed by atoms with Crippen molar-refractivity contribution >= 4 is 41.9 Å². The molecule has 19 nitrogen and oxygen atoms in total. The Balaban J connectivity index is 1.29. The Morgan fingerprint density at radius 3 is 2.03 bits per heavy atom. The number of primary amides is 1. The van der Waals surface area contributed by atoms with Crippen LogP contribution in [-0.4, -0.2) is 152 Å². The van der Waals surface area contributed by atoms with Crippen molar-refractivity contribution in [1.29, 1.82) is 0 Å². The molecule has 9 N–H and O–H groups in total. The highest BCUT2D eigenvalue weighted by Crippen LogP contribution is 2.41. The number of nitrogens with one attached hydrogen (secondary N) is 4. The molecule has 3 aromatic rings. The van der Waals surface area contributed by atoms with Crippen molar-refractivity contribution in [3.8, 4) is 11.1 Å². The maximum absolute atomic E-state index is 15.2. The summed E-state index contributed by atoms with van der Waals surface area (Å²) in [7, 11) is 2.05. The molecule has 26 heteroatoms. The number of aliphatic hydroxyl groups is 1. The number of aliphatic hydroxyl groups excluding tert-OH is 1. The minimum absolute atomic E-state index is 0.0910. The number of ether oxygens (including phenoxy) is 3. The van der Waals surface area contributed by atoms with Gasteiger partial charge >= 0.3 is 24.9 Å². The Kier molecular flexibility index (Phi) is 18.9. The average molecular weight is 1080 g/mol. The second-order valence-corrected chi connectivity index (χ2v) is 20.2. The predicted molar refractivity (Wildman–Crippen MR) is 264 cm³/mol. The maximum Gasteiger partial charge on any atom is 0.407 e. The molecule has 76 heavy (non-hydrogen) atoms. The van der Waals surface area contributed by atoms with Crippen LogP contribution in [0.15, 0.2) is 53.7 Å². The van der Waals surface area contributed by atoms with Gasteiger partial charge in [-0.15, -0.1) is 0 Å². The number of alkyl halides is 5. The van der Waals surface area contributed by atoms with E-state index in [9.17, 15) is 46.2 Å². The molecule has 3 aliphatic rings. The summed E-state index contributed by atoms with van der Waals surface area (Å²) in [5, 5.41) is 21.2. The van der Waals surface area contributed by atoms with Crippen molar-refractivity contribution in [1.82, 2.24) is 36.1 Å². The standard InChI is InChI=1S/C50H64F7N11O8/c1-48(2,40(42(59)70)65-46(72)74-5)18-38-32(20-62-45(64-38)67-22-29-11-12-30(23-67)68(29)31-24-76-25-31)27-9-7-26(8-10-27)15-37(63-43(71)41(66-47(73)75-6)49(3,4)50(55,56)57)39(69)21-60-19-33-34(51)16-28(17-35(33)52)36(58)13-14-61-44(53)54/h7-10,13-14,16-17,20,29-31,37,39-41,44,60,69H,11-12,15,18-19,21-25,58H2,1-6H3,(H2,59,70)(H,63,71)(H,65,72)(H,66,73)/t29?,30?,37-,39-,40+,41+/m0/s1. The lowest BCUT2D eigenvalue weighted by Crippen LogP contribution is -2.62. The van der Waals surface area contributed by atoms with Gasteiger partial charge in [-0.05, 0) is 74.3 Å². The van der Waals surface area contributed by atoms with Crippen LogP contribution in [0.4, 0.5) is 46.3 Å². The number of hydrogen-bond acceptors (Lipinski definition) is 15. The Morgan fingerprint density at radius 1 is 0.908 bits per heavy atom. The number of benzene rings is 2. The first-order chi connectivity index (χ1) is 35.7. The van der Waals surface area contributed by atoms with Gasteiger partial charge in [-0.1, -0.05) is 38.1 Å². The van der Waals surface area contributed by atoms with Crippen LogP contribution in [0.25, 0.3) is 16.8 Å². The van der Waals surface area contributed by atoms with Gasteiger partial charge in [0.15, 0.2) is 0 Å². The summed E-state index contributed by atoms with van der Waals surface area (Å²) >= 11 is 0. The molecule has 2 aromatic carbocycles. The van der Waals surface area contributed by atoms with Crippen LogP contribution in [0.5, 0.6) is 0 Å². The van der Waals surface area contributed by atoms with E-state index < -0.39 is 102 Å². The summed E-state index contributed by atoms with van der Waals surface area (Å²) < 4.78 is 113. The Bertz CT molecular complexity index is 2580. The second kappa shape index (κ2) is 24.6. The van der Waals surface area contributed by atoms with Crippen molar-refractivity contribution in [2.75, 3.05) is 52.0 Å². The molecule has 0 saturated carbocycles. The summed E-state index contributed by atoms with van der Waals surface area (Å²) in [6.45, 7) is 3.48. The molecule has 1 aromatic heterocycles. The highest BCUT2D eigenvalue weighted by molar-refractivity contribution is 5.87. The minimum Gasteiger partial charge on any atom is -0.453 e. The number of aliphatic imine (C=N–C) groups is 1. The zero-order valence-electron chi connectivity index (χ0n) is 42.7. The number of amides is 4. The molecule has 2 bridgehead atoms. The van der Waals surface area contributed by atoms with Crippen LogP contribution >= 0.6 is 0 Å². The van der Waals surface area contributed by atoms with E-state index in [1.807, 2.05) is 5.32 Å². The fourth-order valence-electron chi connectivity index (χ4n) is 9.64. The number of alkyl carbamates (subject to hydrolysis) is 2. The van der Waals surface area contributed by atoms with E-state index >= 15 is 8.78 Å². The van der Waals surface area contributed by atoms with Crippen molar-refractivity contribution in [2.24, 2.45) is 27.3 Å². The highest BCUT2D eigenvalue weighted by Gasteiger charge is 2.56. The molecular weight excluding hydrogens is 1020 g/mol. The number of nitrogens with zero attached hydrogens (tertiary/aromatic N) is 5. The van der Waals surface area contributed by atoms with Crippen LogP contribution in [0.1, 0.15) is 62.9 Å². The lowest BCUT2D eigenvalue weighted by molar-refractivity contribution is -0.220. The molecule has 3 saturated heterocycles. The van der Waals surface area contributed by atoms with Gasteiger partial charge in [0.1, 0.15) is 23.7 Å². The van der Waals surface area contributed by atoms with Gasteiger partial charge in [0.25, 0.3) is 0 Å². The van der Waals surface area contributed by atoms with Crippen molar-refractivity contribution in [2.45, 2.75) is 115 Å². The Labute approximate surface area is 434 Å². The summed E-state index contributed by atoms with van der Waals surface area (Å²) in [4.78, 5) is 68.8. The van der Waals surface area contributed by atoms with Crippen LogP contribution in [0.2, 0.25) is 0 Å². The number of rotatable bonds is 22. The average Bonchev–Trinajstić information content (AvgIpc) is 3.56. The molecule has 2 unspecified atom stereocenters. The number of methoxy groups -OCH3 is 2. The van der Waals surface area contributed by atoms with Crippen LogP contribution in [0.3, 0.4) is 0 Å². The monoisotopic (exact) mass is 1080 g/mol. The van der Waals surface area contributed by atoms with Gasteiger partial charge in [-0.25, -0.2) is 33.3 Å². The Morgan fingerprint density at radius 2 is 1.50 bits per heavy atom. The first kappa shape index (κ1) is 58.6. The fourth-order valence-corrected chi connectivity index (χ4v) is 9.64. The predicted octanol–water partition coefficient (Wildman–Crippen LogP) is 4.34. The molecular formula is C50H64F7N11O8.